The predicted molar refractivity (Wildman–Crippen MR) is 135 cm³/mol. The van der Waals surface area contributed by atoms with Crippen LogP contribution in [0.5, 0.6) is 5.75 Å². The monoisotopic (exact) mass is 467 g/mol. The molecule has 6 heteroatoms. The maximum Gasteiger partial charge on any atom is 0.249 e. The highest BCUT2D eigenvalue weighted by molar-refractivity contribution is 5.84. The second kappa shape index (κ2) is 11.5. The lowest BCUT2D eigenvalue weighted by atomic mass is 9.73. The van der Waals surface area contributed by atoms with Gasteiger partial charge in [-0.3, -0.25) is 15.0 Å². The minimum absolute atomic E-state index is 0.211. The summed E-state index contributed by atoms with van der Waals surface area (Å²) in [5.74, 6) is 1.51. The van der Waals surface area contributed by atoms with Gasteiger partial charge in [0.1, 0.15) is 5.75 Å². The third-order valence-corrected chi connectivity index (χ3v) is 8.46. The minimum Gasteiger partial charge on any atom is -0.497 e. The molecule has 2 fully saturated rings. The maximum absolute atomic E-state index is 12.8. The molecule has 0 bridgehead atoms. The number of carbonyl (C=O) groups excluding carboxylic acids is 1. The second-order valence-corrected chi connectivity index (χ2v) is 10.5. The average molecular weight is 468 g/mol. The van der Waals surface area contributed by atoms with Crippen LogP contribution in [-0.2, 0) is 11.2 Å². The molecule has 1 aliphatic carbocycles. The van der Waals surface area contributed by atoms with Gasteiger partial charge in [-0.1, -0.05) is 32.1 Å². The molecule has 2 aliphatic rings. The number of nitrogens with one attached hydrogen (secondary N) is 1. The zero-order valence-corrected chi connectivity index (χ0v) is 20.9. The summed E-state index contributed by atoms with van der Waals surface area (Å²) in [6, 6.07) is 6.00. The smallest absolute Gasteiger partial charge is 0.249 e. The van der Waals surface area contributed by atoms with Crippen molar-refractivity contribution in [2.45, 2.75) is 77.6 Å². The van der Waals surface area contributed by atoms with Gasteiger partial charge in [-0.2, -0.15) is 0 Å². The molecule has 34 heavy (non-hydrogen) atoms. The van der Waals surface area contributed by atoms with E-state index in [1.807, 2.05) is 23.8 Å². The number of benzene rings is 1. The van der Waals surface area contributed by atoms with Crippen LogP contribution in [0, 0.1) is 18.3 Å². The Balaban J connectivity index is 1.37. The SMILES string of the molecule is COc1ccc2ncc(C)c(CCCC3(C(=O)NO)CCN(CCC4CCCCC4)CC3)c2c1. The Bertz CT molecular complexity index is 963. The maximum atomic E-state index is 12.8. The van der Waals surface area contributed by atoms with Crippen molar-refractivity contribution < 1.29 is 14.7 Å². The van der Waals surface area contributed by atoms with E-state index in [0.29, 0.717) is 0 Å². The lowest BCUT2D eigenvalue weighted by molar-refractivity contribution is -0.143. The number of ether oxygens (including phenoxy) is 1. The van der Waals surface area contributed by atoms with Crippen molar-refractivity contribution >= 4 is 16.8 Å². The molecule has 1 amide bonds. The van der Waals surface area contributed by atoms with Gasteiger partial charge in [-0.15, -0.1) is 0 Å². The molecule has 4 rings (SSSR count). The zero-order chi connectivity index (χ0) is 24.0. The van der Waals surface area contributed by atoms with Gasteiger partial charge < -0.3 is 9.64 Å². The van der Waals surface area contributed by atoms with Crippen LogP contribution in [0.3, 0.4) is 0 Å². The summed E-state index contributed by atoms with van der Waals surface area (Å²) in [6.45, 7) is 5.12. The molecule has 2 N–H and O–H groups in total. The van der Waals surface area contributed by atoms with Crippen molar-refractivity contribution in [2.24, 2.45) is 11.3 Å². The van der Waals surface area contributed by atoms with Crippen molar-refractivity contribution in [3.8, 4) is 5.75 Å². The highest BCUT2D eigenvalue weighted by Gasteiger charge is 2.40. The number of amides is 1. The van der Waals surface area contributed by atoms with Crippen LogP contribution in [0.25, 0.3) is 10.9 Å². The van der Waals surface area contributed by atoms with Gasteiger partial charge in [-0.05, 0) is 100 Å². The summed E-state index contributed by atoms with van der Waals surface area (Å²) in [6.07, 6.45) is 14.4. The van der Waals surface area contributed by atoms with E-state index in [2.05, 4.69) is 22.9 Å². The highest BCUT2D eigenvalue weighted by atomic mass is 16.5. The zero-order valence-electron chi connectivity index (χ0n) is 20.9. The van der Waals surface area contributed by atoms with E-state index in [0.717, 1.165) is 74.3 Å². The molecule has 6 nitrogen and oxygen atoms in total. The van der Waals surface area contributed by atoms with Gasteiger partial charge in [0, 0.05) is 11.6 Å². The summed E-state index contributed by atoms with van der Waals surface area (Å²) in [4.78, 5) is 19.9. The van der Waals surface area contributed by atoms with Crippen molar-refractivity contribution in [2.75, 3.05) is 26.7 Å². The summed E-state index contributed by atoms with van der Waals surface area (Å²) in [5, 5.41) is 10.6. The number of hydroxylamine groups is 1. The molecule has 1 saturated heterocycles. The fourth-order valence-electron chi connectivity index (χ4n) is 6.14. The van der Waals surface area contributed by atoms with E-state index in [4.69, 9.17) is 4.74 Å². The summed E-state index contributed by atoms with van der Waals surface area (Å²) < 4.78 is 5.43. The molecule has 2 aromatic rings. The first-order valence-electron chi connectivity index (χ1n) is 13.1. The molecule has 0 radical (unpaired) electrons. The first-order chi connectivity index (χ1) is 16.5. The standard InChI is InChI=1S/C28H41N3O3/c1-21-20-29-26-11-10-23(34-2)19-25(26)24(21)9-6-13-28(27(32)30-33)14-17-31(18-15-28)16-12-22-7-4-3-5-8-22/h10-11,19-20,22,33H,3-9,12-18H2,1-2H3,(H,30,32). The second-order valence-electron chi connectivity index (χ2n) is 10.5. The Morgan fingerprint density at radius 1 is 1.24 bits per heavy atom. The van der Waals surface area contributed by atoms with Crippen molar-refractivity contribution in [1.29, 1.82) is 0 Å². The Hall–Kier alpha value is -2.18. The Labute approximate surface area is 204 Å². The number of hydrogen-bond acceptors (Lipinski definition) is 5. The van der Waals surface area contributed by atoms with E-state index in [1.54, 1.807) is 7.11 Å². The molecule has 2 heterocycles. The normalized spacial score (nSPS) is 19.3. The molecule has 0 spiro atoms. The lowest BCUT2D eigenvalue weighted by Gasteiger charge is -2.40. The van der Waals surface area contributed by atoms with Gasteiger partial charge in [0.25, 0.3) is 0 Å². The number of hydrogen-bond donors (Lipinski definition) is 2. The quantitative estimate of drug-likeness (QED) is 0.380. The largest absolute Gasteiger partial charge is 0.497 e. The molecule has 1 aromatic carbocycles. The minimum atomic E-state index is -0.482. The number of pyridine rings is 1. The van der Waals surface area contributed by atoms with Crippen LogP contribution >= 0.6 is 0 Å². The van der Waals surface area contributed by atoms with Crippen LogP contribution in [0.1, 0.15) is 75.3 Å². The number of fused-ring (bicyclic) bond motifs is 1. The van der Waals surface area contributed by atoms with Crippen LogP contribution in [0.2, 0.25) is 0 Å². The molecule has 1 aromatic heterocycles. The highest BCUT2D eigenvalue weighted by Crippen LogP contribution is 2.38. The lowest BCUT2D eigenvalue weighted by Crippen LogP contribution is -2.48. The van der Waals surface area contributed by atoms with Crippen molar-refractivity contribution in [1.82, 2.24) is 15.4 Å². The van der Waals surface area contributed by atoms with E-state index >= 15 is 0 Å². The predicted octanol–water partition coefficient (Wildman–Crippen LogP) is 5.43. The van der Waals surface area contributed by atoms with Gasteiger partial charge in [0.15, 0.2) is 0 Å². The average Bonchev–Trinajstić information content (AvgIpc) is 2.89. The number of piperidine rings is 1. The number of carbonyl (C=O) groups is 1. The fraction of sp³-hybridized carbons (Fsp3) is 0.643. The topological polar surface area (TPSA) is 74.7 Å². The van der Waals surface area contributed by atoms with E-state index in [1.165, 1.54) is 49.7 Å². The third kappa shape index (κ3) is 5.72. The summed E-state index contributed by atoms with van der Waals surface area (Å²) in [5.41, 5.74) is 4.92. The Morgan fingerprint density at radius 2 is 2.00 bits per heavy atom. The summed E-state index contributed by atoms with van der Waals surface area (Å²) in [7, 11) is 1.68. The summed E-state index contributed by atoms with van der Waals surface area (Å²) >= 11 is 0. The van der Waals surface area contributed by atoms with Gasteiger partial charge in [-0.25, -0.2) is 5.48 Å². The number of methoxy groups -OCH3 is 1. The molecule has 186 valence electrons. The number of rotatable bonds is 9. The van der Waals surface area contributed by atoms with E-state index < -0.39 is 5.41 Å². The first-order valence-corrected chi connectivity index (χ1v) is 13.1. The van der Waals surface area contributed by atoms with E-state index in [-0.39, 0.29) is 5.91 Å². The van der Waals surface area contributed by atoms with Crippen molar-refractivity contribution in [3.63, 3.8) is 0 Å². The number of nitrogens with zero attached hydrogens (tertiary/aromatic N) is 2. The van der Waals surface area contributed by atoms with Crippen molar-refractivity contribution in [3.05, 3.63) is 35.5 Å². The van der Waals surface area contributed by atoms with Crippen LogP contribution in [-0.4, -0.2) is 47.7 Å². The molecular formula is C28H41N3O3. The van der Waals surface area contributed by atoms with Crippen LogP contribution in [0.15, 0.2) is 24.4 Å². The van der Waals surface area contributed by atoms with Gasteiger partial charge in [0.2, 0.25) is 5.91 Å². The Kier molecular flexibility index (Phi) is 8.43. The molecular weight excluding hydrogens is 426 g/mol. The van der Waals surface area contributed by atoms with Gasteiger partial charge in [0.05, 0.1) is 18.0 Å². The third-order valence-electron chi connectivity index (χ3n) is 8.46. The molecule has 1 aliphatic heterocycles. The first kappa shape index (κ1) is 24.9. The van der Waals surface area contributed by atoms with E-state index in [9.17, 15) is 10.0 Å². The molecule has 0 atom stereocenters. The number of aromatic nitrogens is 1. The number of aryl methyl sites for hydroxylation is 2. The fourth-order valence-corrected chi connectivity index (χ4v) is 6.14. The molecule has 0 unspecified atom stereocenters. The van der Waals surface area contributed by atoms with Gasteiger partial charge >= 0.3 is 0 Å². The number of likely N-dealkylation sites (tertiary alicyclic amines) is 1. The van der Waals surface area contributed by atoms with Crippen LogP contribution < -0.4 is 10.2 Å². The molecule has 1 saturated carbocycles. The Morgan fingerprint density at radius 3 is 2.71 bits per heavy atom. The van der Waals surface area contributed by atoms with Crippen LogP contribution in [0.4, 0.5) is 0 Å².